The third-order valence-corrected chi connectivity index (χ3v) is 3.36. The van der Waals surface area contributed by atoms with Gasteiger partial charge in [-0.1, -0.05) is 17.7 Å². The second-order valence-corrected chi connectivity index (χ2v) is 4.68. The third-order valence-electron chi connectivity index (χ3n) is 3.05. The molecule has 1 aliphatic rings. The maximum absolute atomic E-state index is 11.7. The van der Waals surface area contributed by atoms with Gasteiger partial charge in [0.1, 0.15) is 6.04 Å². The van der Waals surface area contributed by atoms with Gasteiger partial charge >= 0.3 is 0 Å². The van der Waals surface area contributed by atoms with E-state index < -0.39 is 0 Å². The van der Waals surface area contributed by atoms with Gasteiger partial charge in [-0.3, -0.25) is 4.79 Å². The highest BCUT2D eigenvalue weighted by molar-refractivity contribution is 6.33. The fourth-order valence-electron chi connectivity index (χ4n) is 2.14. The molecule has 1 aliphatic heterocycles. The van der Waals surface area contributed by atoms with Crippen LogP contribution in [0.2, 0.25) is 5.02 Å². The summed E-state index contributed by atoms with van der Waals surface area (Å²) in [6.45, 7) is 4.40. The topological polar surface area (TPSA) is 44.4 Å². The summed E-state index contributed by atoms with van der Waals surface area (Å²) in [5.74, 6) is -0.0490. The fraction of sp³-hybridized carbons (Fsp3) is 0.308. The number of anilines is 2. The molecular formula is C13H16ClN3O. The Kier molecular flexibility index (Phi) is 3.59. The molecule has 2 rings (SSSR count). The number of fused-ring (bicyclic) bond motifs is 1. The van der Waals surface area contributed by atoms with Crippen LogP contribution in [0.1, 0.15) is 11.6 Å². The van der Waals surface area contributed by atoms with Gasteiger partial charge in [0.2, 0.25) is 5.91 Å². The first-order valence-corrected chi connectivity index (χ1v) is 6.10. The zero-order valence-electron chi connectivity index (χ0n) is 10.5. The smallest absolute Gasteiger partial charge is 0.246 e. The van der Waals surface area contributed by atoms with Crippen LogP contribution in [0.15, 0.2) is 24.8 Å². The van der Waals surface area contributed by atoms with E-state index in [-0.39, 0.29) is 11.9 Å². The van der Waals surface area contributed by atoms with Crippen molar-refractivity contribution in [3.63, 3.8) is 0 Å². The summed E-state index contributed by atoms with van der Waals surface area (Å²) in [4.78, 5) is 13.7. The Balaban J connectivity index is 2.42. The first-order chi connectivity index (χ1) is 8.58. The molecule has 0 radical (unpaired) electrons. The molecule has 1 aromatic rings. The highest BCUT2D eigenvalue weighted by Crippen LogP contribution is 2.38. The summed E-state index contributed by atoms with van der Waals surface area (Å²) in [7, 11) is 3.69. The monoisotopic (exact) mass is 265 g/mol. The Bertz CT molecular complexity index is 501. The molecule has 1 amide bonds. The lowest BCUT2D eigenvalue weighted by Gasteiger charge is -2.20. The molecule has 18 heavy (non-hydrogen) atoms. The van der Waals surface area contributed by atoms with Crippen LogP contribution in [0.4, 0.5) is 11.4 Å². The maximum atomic E-state index is 11.7. The number of amides is 1. The Hall–Kier alpha value is -1.52. The highest BCUT2D eigenvalue weighted by atomic mass is 35.5. The normalized spacial score (nSPS) is 17.3. The van der Waals surface area contributed by atoms with Crippen molar-refractivity contribution in [3.8, 4) is 0 Å². The molecule has 0 saturated heterocycles. The maximum Gasteiger partial charge on any atom is 0.246 e. The number of rotatable bonds is 4. The van der Waals surface area contributed by atoms with Crippen molar-refractivity contribution in [3.05, 3.63) is 35.4 Å². The quantitative estimate of drug-likeness (QED) is 0.820. The van der Waals surface area contributed by atoms with Crippen molar-refractivity contribution in [1.82, 2.24) is 5.32 Å². The van der Waals surface area contributed by atoms with Gasteiger partial charge in [-0.2, -0.15) is 0 Å². The van der Waals surface area contributed by atoms with Crippen LogP contribution in [0.25, 0.3) is 0 Å². The molecule has 0 aliphatic carbocycles. The predicted octanol–water partition coefficient (Wildman–Crippen LogP) is 2.17. The molecule has 96 valence electrons. The predicted molar refractivity (Wildman–Crippen MR) is 75.3 cm³/mol. The second kappa shape index (κ2) is 5.00. The number of halogens is 1. The van der Waals surface area contributed by atoms with Crippen LogP contribution in [0.3, 0.4) is 0 Å². The van der Waals surface area contributed by atoms with Crippen molar-refractivity contribution >= 4 is 28.9 Å². The Labute approximate surface area is 112 Å². The number of hydrogen-bond acceptors (Lipinski definition) is 3. The zero-order chi connectivity index (χ0) is 13.3. The molecule has 0 bridgehead atoms. The lowest BCUT2D eigenvalue weighted by atomic mass is 10.1. The lowest BCUT2D eigenvalue weighted by Crippen LogP contribution is -2.23. The van der Waals surface area contributed by atoms with Crippen LogP contribution < -0.4 is 15.5 Å². The molecule has 0 fully saturated rings. The summed E-state index contributed by atoms with van der Waals surface area (Å²) >= 11 is 6.27. The fourth-order valence-corrected chi connectivity index (χ4v) is 2.46. The van der Waals surface area contributed by atoms with Crippen LogP contribution >= 0.6 is 11.6 Å². The van der Waals surface area contributed by atoms with Crippen molar-refractivity contribution in [2.24, 2.45) is 0 Å². The van der Waals surface area contributed by atoms with E-state index in [0.717, 1.165) is 16.9 Å². The average Bonchev–Trinajstić information content (AvgIpc) is 2.63. The minimum absolute atomic E-state index is 0.0490. The largest absolute Gasteiger partial charge is 0.370 e. The first-order valence-electron chi connectivity index (χ1n) is 5.72. The van der Waals surface area contributed by atoms with Gasteiger partial charge < -0.3 is 15.5 Å². The van der Waals surface area contributed by atoms with Crippen LogP contribution in [-0.4, -0.2) is 26.5 Å². The number of hydrogen-bond donors (Lipinski definition) is 2. The molecule has 0 saturated carbocycles. The number of nitrogens with one attached hydrogen (secondary N) is 2. The third kappa shape index (κ3) is 2.09. The molecule has 4 nitrogen and oxygen atoms in total. The van der Waals surface area contributed by atoms with Crippen molar-refractivity contribution in [2.45, 2.75) is 6.04 Å². The van der Waals surface area contributed by atoms with Gasteiger partial charge in [0, 0.05) is 24.8 Å². The Morgan fingerprint density at radius 1 is 1.61 bits per heavy atom. The van der Waals surface area contributed by atoms with Crippen molar-refractivity contribution in [2.75, 3.05) is 30.9 Å². The van der Waals surface area contributed by atoms with Crippen LogP contribution in [0, 0.1) is 0 Å². The van der Waals surface area contributed by atoms with E-state index in [1.165, 1.54) is 0 Å². The van der Waals surface area contributed by atoms with Gasteiger partial charge in [-0.05, 0) is 19.2 Å². The number of benzene rings is 1. The van der Waals surface area contributed by atoms with Crippen molar-refractivity contribution in [1.29, 1.82) is 0 Å². The van der Waals surface area contributed by atoms with Gasteiger partial charge in [0.05, 0.1) is 10.7 Å². The summed E-state index contributed by atoms with van der Waals surface area (Å²) in [5.41, 5.74) is 2.59. The van der Waals surface area contributed by atoms with Crippen LogP contribution in [-0.2, 0) is 4.79 Å². The molecule has 5 heteroatoms. The molecular weight excluding hydrogens is 250 g/mol. The molecule has 0 aromatic heterocycles. The van der Waals surface area contributed by atoms with Crippen molar-refractivity contribution < 1.29 is 4.79 Å². The van der Waals surface area contributed by atoms with Gasteiger partial charge in [-0.15, -0.1) is 6.58 Å². The second-order valence-electron chi connectivity index (χ2n) is 4.27. The Morgan fingerprint density at radius 3 is 2.94 bits per heavy atom. The summed E-state index contributed by atoms with van der Waals surface area (Å²) in [6.07, 6.45) is 1.80. The SMILES string of the molecule is C=CCN(C)c1cc2c(cc1Cl)C(NC)C(=O)N2. The first kappa shape index (κ1) is 12.9. The number of nitrogens with zero attached hydrogens (tertiary/aromatic N) is 1. The minimum atomic E-state index is -0.323. The average molecular weight is 266 g/mol. The van der Waals surface area contributed by atoms with E-state index in [2.05, 4.69) is 17.2 Å². The number of carbonyl (C=O) groups is 1. The molecule has 0 spiro atoms. The lowest BCUT2D eigenvalue weighted by molar-refractivity contribution is -0.117. The Morgan fingerprint density at radius 2 is 2.33 bits per heavy atom. The molecule has 1 atom stereocenters. The van der Waals surface area contributed by atoms with Gasteiger partial charge in [-0.25, -0.2) is 0 Å². The summed E-state index contributed by atoms with van der Waals surface area (Å²) in [5, 5.41) is 6.46. The van der Waals surface area contributed by atoms with E-state index >= 15 is 0 Å². The van der Waals surface area contributed by atoms with Crippen LogP contribution in [0.5, 0.6) is 0 Å². The molecule has 2 N–H and O–H groups in total. The zero-order valence-corrected chi connectivity index (χ0v) is 11.2. The van der Waals surface area contributed by atoms with E-state index in [4.69, 9.17) is 11.6 Å². The standard InChI is InChI=1S/C13H16ClN3O/c1-4-5-17(3)11-7-10-8(6-9(11)14)12(15-2)13(18)16-10/h4,6-7,12,15H,1,5H2,2-3H3,(H,16,18). The summed E-state index contributed by atoms with van der Waals surface area (Å²) in [6, 6.07) is 3.41. The number of carbonyl (C=O) groups excluding carboxylic acids is 1. The van der Waals surface area contributed by atoms with E-state index in [1.54, 1.807) is 13.1 Å². The van der Waals surface area contributed by atoms with Gasteiger partial charge in [0.15, 0.2) is 0 Å². The summed E-state index contributed by atoms with van der Waals surface area (Å²) < 4.78 is 0. The minimum Gasteiger partial charge on any atom is -0.370 e. The molecule has 1 aromatic carbocycles. The molecule has 1 unspecified atom stereocenters. The van der Waals surface area contributed by atoms with E-state index in [9.17, 15) is 4.79 Å². The van der Waals surface area contributed by atoms with E-state index in [1.807, 2.05) is 24.1 Å². The molecule has 1 heterocycles. The highest BCUT2D eigenvalue weighted by Gasteiger charge is 2.30. The van der Waals surface area contributed by atoms with E-state index in [0.29, 0.717) is 11.6 Å². The number of likely N-dealkylation sites (N-methyl/N-ethyl adjacent to an activating group) is 2. The van der Waals surface area contributed by atoms with Gasteiger partial charge in [0.25, 0.3) is 0 Å².